The van der Waals surface area contributed by atoms with Gasteiger partial charge in [-0.1, -0.05) is 0 Å². The summed E-state index contributed by atoms with van der Waals surface area (Å²) in [5.41, 5.74) is 0.631. The van der Waals surface area contributed by atoms with Gasteiger partial charge >= 0.3 is 5.97 Å². The van der Waals surface area contributed by atoms with E-state index >= 15 is 0 Å². The summed E-state index contributed by atoms with van der Waals surface area (Å²) < 4.78 is 26.6. The Morgan fingerprint density at radius 2 is 2.05 bits per heavy atom. The van der Waals surface area contributed by atoms with Crippen LogP contribution in [0.3, 0.4) is 0 Å². The van der Waals surface area contributed by atoms with Gasteiger partial charge < -0.3 is 5.11 Å². The third-order valence-corrected chi connectivity index (χ3v) is 4.23. The molecule has 0 bridgehead atoms. The summed E-state index contributed by atoms with van der Waals surface area (Å²) in [6.45, 7) is 3.60. The highest BCUT2D eigenvalue weighted by Gasteiger charge is 2.25. The van der Waals surface area contributed by atoms with E-state index in [4.69, 9.17) is 5.11 Å². The fourth-order valence-electron chi connectivity index (χ4n) is 3.04. The summed E-state index contributed by atoms with van der Waals surface area (Å²) in [5, 5.41) is 8.76. The monoisotopic (exact) mass is 297 g/mol. The molecule has 3 nitrogen and oxygen atoms in total. The molecule has 1 N–H and O–H groups in total. The molecule has 0 aliphatic carbocycles. The number of hydrogen-bond donors (Lipinski definition) is 1. The molecule has 2 rings (SSSR count). The largest absolute Gasteiger partial charge is 0.481 e. The fraction of sp³-hybridized carbons (Fsp3) is 0.562. The molecule has 2 atom stereocenters. The van der Waals surface area contributed by atoms with Crippen molar-refractivity contribution in [2.75, 3.05) is 13.1 Å². The summed E-state index contributed by atoms with van der Waals surface area (Å²) in [4.78, 5) is 12.8. The molecule has 1 aromatic carbocycles. The van der Waals surface area contributed by atoms with Gasteiger partial charge in [0.15, 0.2) is 0 Å². The topological polar surface area (TPSA) is 40.5 Å². The van der Waals surface area contributed by atoms with Crippen molar-refractivity contribution in [1.82, 2.24) is 4.90 Å². The van der Waals surface area contributed by atoms with Crippen LogP contribution in [0.1, 0.15) is 44.2 Å². The first-order valence-electron chi connectivity index (χ1n) is 7.37. The van der Waals surface area contributed by atoms with Gasteiger partial charge in [-0.3, -0.25) is 9.69 Å². The van der Waals surface area contributed by atoms with E-state index in [-0.39, 0.29) is 12.5 Å². The summed E-state index contributed by atoms with van der Waals surface area (Å²) in [5.74, 6) is -1.55. The number of likely N-dealkylation sites (tertiary alicyclic amines) is 1. The second-order valence-electron chi connectivity index (χ2n) is 5.81. The van der Waals surface area contributed by atoms with Crippen molar-refractivity contribution in [1.29, 1.82) is 0 Å². The van der Waals surface area contributed by atoms with Gasteiger partial charge in [0.1, 0.15) is 11.6 Å². The van der Waals surface area contributed by atoms with E-state index in [0.717, 1.165) is 32.0 Å². The number of halogens is 2. The van der Waals surface area contributed by atoms with Crippen LogP contribution in [0.15, 0.2) is 18.2 Å². The molecule has 0 saturated carbocycles. The number of rotatable bonds is 5. The number of carboxylic acids is 1. The number of piperidine rings is 1. The third-order valence-electron chi connectivity index (χ3n) is 4.23. The average molecular weight is 297 g/mol. The first kappa shape index (κ1) is 15.9. The Balaban J connectivity index is 2.01. The lowest BCUT2D eigenvalue weighted by Crippen LogP contribution is -2.37. The minimum Gasteiger partial charge on any atom is -0.481 e. The Morgan fingerprint density at radius 1 is 1.38 bits per heavy atom. The number of carboxylic acid groups (broad SMARTS) is 1. The molecule has 5 heteroatoms. The SMILES string of the molecule is CC(c1cc(F)cc(F)c1)N1CCCC(CCC(=O)O)C1. The lowest BCUT2D eigenvalue weighted by molar-refractivity contribution is -0.137. The van der Waals surface area contributed by atoms with Crippen LogP contribution < -0.4 is 0 Å². The number of benzene rings is 1. The number of hydrogen-bond acceptors (Lipinski definition) is 2. The van der Waals surface area contributed by atoms with Gasteiger partial charge in [0.05, 0.1) is 0 Å². The van der Waals surface area contributed by atoms with Gasteiger partial charge in [-0.15, -0.1) is 0 Å². The maximum absolute atomic E-state index is 13.3. The molecule has 21 heavy (non-hydrogen) atoms. The Bertz CT molecular complexity index is 487. The highest BCUT2D eigenvalue weighted by atomic mass is 19.1. The first-order chi connectivity index (χ1) is 9.95. The fourth-order valence-corrected chi connectivity index (χ4v) is 3.04. The van der Waals surface area contributed by atoms with Crippen LogP contribution >= 0.6 is 0 Å². The summed E-state index contributed by atoms with van der Waals surface area (Å²) in [7, 11) is 0. The second-order valence-corrected chi connectivity index (χ2v) is 5.81. The van der Waals surface area contributed by atoms with E-state index in [0.29, 0.717) is 17.9 Å². The smallest absolute Gasteiger partial charge is 0.303 e. The van der Waals surface area contributed by atoms with Crippen LogP contribution in [-0.4, -0.2) is 29.1 Å². The van der Waals surface area contributed by atoms with Crippen molar-refractivity contribution in [2.45, 2.75) is 38.6 Å². The average Bonchev–Trinajstić information content (AvgIpc) is 2.43. The molecular formula is C16H21F2NO2. The number of aliphatic carboxylic acids is 1. The minimum absolute atomic E-state index is 0.0668. The molecule has 1 aliphatic heterocycles. The molecule has 1 fully saturated rings. The zero-order chi connectivity index (χ0) is 15.4. The first-order valence-corrected chi connectivity index (χ1v) is 7.37. The van der Waals surface area contributed by atoms with Crippen LogP contribution in [0.2, 0.25) is 0 Å². The maximum atomic E-state index is 13.3. The van der Waals surface area contributed by atoms with Crippen molar-refractivity contribution in [3.63, 3.8) is 0 Å². The molecule has 1 heterocycles. The molecule has 0 spiro atoms. The van der Waals surface area contributed by atoms with Gasteiger partial charge in [-0.25, -0.2) is 8.78 Å². The van der Waals surface area contributed by atoms with Crippen LogP contribution in [-0.2, 0) is 4.79 Å². The van der Waals surface area contributed by atoms with Gasteiger partial charge in [-0.05, 0) is 56.3 Å². The number of carbonyl (C=O) groups is 1. The van der Waals surface area contributed by atoms with Gasteiger partial charge in [0.2, 0.25) is 0 Å². The van der Waals surface area contributed by atoms with Crippen molar-refractivity contribution in [2.24, 2.45) is 5.92 Å². The molecule has 1 saturated heterocycles. The van der Waals surface area contributed by atoms with Crippen LogP contribution in [0.25, 0.3) is 0 Å². The predicted octanol–water partition coefficient (Wildman–Crippen LogP) is 3.60. The minimum atomic E-state index is -0.771. The van der Waals surface area contributed by atoms with E-state index in [1.54, 1.807) is 0 Å². The van der Waals surface area contributed by atoms with Crippen LogP contribution in [0, 0.1) is 17.6 Å². The highest BCUT2D eigenvalue weighted by molar-refractivity contribution is 5.66. The Morgan fingerprint density at radius 3 is 2.67 bits per heavy atom. The van der Waals surface area contributed by atoms with Crippen molar-refractivity contribution < 1.29 is 18.7 Å². The molecule has 116 valence electrons. The molecular weight excluding hydrogens is 276 g/mol. The summed E-state index contributed by atoms with van der Waals surface area (Å²) >= 11 is 0. The lowest BCUT2D eigenvalue weighted by Gasteiger charge is -2.37. The molecule has 0 radical (unpaired) electrons. The quantitative estimate of drug-likeness (QED) is 0.902. The second kappa shape index (κ2) is 6.98. The van der Waals surface area contributed by atoms with E-state index in [1.807, 2.05) is 6.92 Å². The van der Waals surface area contributed by atoms with Gasteiger partial charge in [-0.2, -0.15) is 0 Å². The van der Waals surface area contributed by atoms with Crippen molar-refractivity contribution in [3.05, 3.63) is 35.4 Å². The zero-order valence-corrected chi connectivity index (χ0v) is 12.2. The van der Waals surface area contributed by atoms with E-state index < -0.39 is 17.6 Å². The molecule has 1 aliphatic rings. The predicted molar refractivity (Wildman–Crippen MR) is 75.9 cm³/mol. The zero-order valence-electron chi connectivity index (χ0n) is 12.2. The van der Waals surface area contributed by atoms with Crippen LogP contribution in [0.4, 0.5) is 8.78 Å². The standard InChI is InChI=1S/C16H21F2NO2/c1-11(13-7-14(17)9-15(18)8-13)19-6-2-3-12(10-19)4-5-16(20)21/h7-9,11-12H,2-6,10H2,1H3,(H,20,21). The normalized spacial score (nSPS) is 21.2. The van der Waals surface area contributed by atoms with Crippen molar-refractivity contribution >= 4 is 5.97 Å². The van der Waals surface area contributed by atoms with Crippen LogP contribution in [0.5, 0.6) is 0 Å². The lowest BCUT2D eigenvalue weighted by atomic mass is 9.91. The summed E-state index contributed by atoms with van der Waals surface area (Å²) in [6.07, 6.45) is 2.86. The Kier molecular flexibility index (Phi) is 5.28. The Labute approximate surface area is 123 Å². The number of nitrogens with zero attached hydrogens (tertiary/aromatic N) is 1. The third kappa shape index (κ3) is 4.49. The van der Waals surface area contributed by atoms with E-state index in [2.05, 4.69) is 4.90 Å². The summed E-state index contributed by atoms with van der Waals surface area (Å²) in [6, 6.07) is 3.55. The van der Waals surface area contributed by atoms with Crippen molar-refractivity contribution in [3.8, 4) is 0 Å². The van der Waals surface area contributed by atoms with Gasteiger partial charge in [0, 0.05) is 25.1 Å². The molecule has 0 aromatic heterocycles. The van der Waals surface area contributed by atoms with E-state index in [9.17, 15) is 13.6 Å². The molecule has 0 amide bonds. The van der Waals surface area contributed by atoms with Gasteiger partial charge in [0.25, 0.3) is 0 Å². The Hall–Kier alpha value is -1.49. The molecule has 2 unspecified atom stereocenters. The molecule has 1 aromatic rings. The maximum Gasteiger partial charge on any atom is 0.303 e. The van der Waals surface area contributed by atoms with E-state index in [1.165, 1.54) is 12.1 Å². The highest BCUT2D eigenvalue weighted by Crippen LogP contribution is 2.29.